The molecule has 1 aromatic carbocycles. The van der Waals surface area contributed by atoms with Crippen molar-refractivity contribution in [3.05, 3.63) is 23.8 Å². The number of anilines is 1. The molecule has 1 rings (SSSR count). The normalized spacial score (nSPS) is 9.93. The van der Waals surface area contributed by atoms with Gasteiger partial charge in [0.25, 0.3) is 0 Å². The second-order valence-electron chi connectivity index (χ2n) is 3.36. The van der Waals surface area contributed by atoms with E-state index in [-0.39, 0.29) is 0 Å². The van der Waals surface area contributed by atoms with Crippen molar-refractivity contribution in [2.24, 2.45) is 0 Å². The average molecular weight is 193 g/mol. The van der Waals surface area contributed by atoms with Gasteiger partial charge in [0.2, 0.25) is 0 Å². The Morgan fingerprint density at radius 2 is 2.07 bits per heavy atom. The van der Waals surface area contributed by atoms with E-state index in [4.69, 9.17) is 4.74 Å². The molecule has 78 valence electrons. The molecular formula is C12H19NO. The highest BCUT2D eigenvalue weighted by molar-refractivity contribution is 5.53. The van der Waals surface area contributed by atoms with Gasteiger partial charge in [0, 0.05) is 12.2 Å². The van der Waals surface area contributed by atoms with Gasteiger partial charge in [0.05, 0.1) is 6.61 Å². The van der Waals surface area contributed by atoms with Crippen molar-refractivity contribution >= 4 is 5.69 Å². The fraction of sp³-hybridized carbons (Fsp3) is 0.500. The third kappa shape index (κ3) is 2.95. The van der Waals surface area contributed by atoms with E-state index in [2.05, 4.69) is 38.2 Å². The minimum absolute atomic E-state index is 0.792. The Bertz CT molecular complexity index is 284. The Morgan fingerprint density at radius 1 is 1.29 bits per heavy atom. The molecule has 2 nitrogen and oxygen atoms in total. The SMILES string of the molecule is CCCOc1ccc(NCC)c(C)c1. The fourth-order valence-electron chi connectivity index (χ4n) is 1.33. The van der Waals surface area contributed by atoms with Crippen LogP contribution in [0.4, 0.5) is 5.69 Å². The largest absolute Gasteiger partial charge is 0.494 e. The second kappa shape index (κ2) is 5.53. The number of hydrogen-bond acceptors (Lipinski definition) is 2. The van der Waals surface area contributed by atoms with E-state index < -0.39 is 0 Å². The Hall–Kier alpha value is -1.18. The van der Waals surface area contributed by atoms with Gasteiger partial charge < -0.3 is 10.1 Å². The van der Waals surface area contributed by atoms with Gasteiger partial charge in [0.1, 0.15) is 5.75 Å². The molecule has 0 aliphatic heterocycles. The van der Waals surface area contributed by atoms with Gasteiger partial charge >= 0.3 is 0 Å². The highest BCUT2D eigenvalue weighted by Crippen LogP contribution is 2.21. The number of benzene rings is 1. The predicted molar refractivity (Wildman–Crippen MR) is 61.1 cm³/mol. The van der Waals surface area contributed by atoms with E-state index in [1.54, 1.807) is 0 Å². The molecule has 0 spiro atoms. The van der Waals surface area contributed by atoms with Gasteiger partial charge in [-0.25, -0.2) is 0 Å². The van der Waals surface area contributed by atoms with E-state index >= 15 is 0 Å². The van der Waals surface area contributed by atoms with Crippen LogP contribution < -0.4 is 10.1 Å². The number of hydrogen-bond donors (Lipinski definition) is 1. The van der Waals surface area contributed by atoms with Crippen LogP contribution in [0.3, 0.4) is 0 Å². The molecule has 0 saturated heterocycles. The molecule has 14 heavy (non-hydrogen) atoms. The van der Waals surface area contributed by atoms with Crippen molar-refractivity contribution in [1.82, 2.24) is 0 Å². The van der Waals surface area contributed by atoms with Crippen molar-refractivity contribution < 1.29 is 4.74 Å². The van der Waals surface area contributed by atoms with Crippen LogP contribution in [0.25, 0.3) is 0 Å². The molecule has 0 aliphatic carbocycles. The maximum absolute atomic E-state index is 5.54. The first-order valence-corrected chi connectivity index (χ1v) is 5.25. The van der Waals surface area contributed by atoms with Gasteiger partial charge in [-0.3, -0.25) is 0 Å². The van der Waals surface area contributed by atoms with Crippen LogP contribution in [0.15, 0.2) is 18.2 Å². The van der Waals surface area contributed by atoms with Gasteiger partial charge in [-0.15, -0.1) is 0 Å². The van der Waals surface area contributed by atoms with E-state index in [9.17, 15) is 0 Å². The summed E-state index contributed by atoms with van der Waals surface area (Å²) in [6, 6.07) is 6.16. The first-order valence-electron chi connectivity index (χ1n) is 5.25. The van der Waals surface area contributed by atoms with E-state index in [1.165, 1.54) is 11.3 Å². The summed E-state index contributed by atoms with van der Waals surface area (Å²) >= 11 is 0. The van der Waals surface area contributed by atoms with E-state index in [0.717, 1.165) is 25.3 Å². The molecule has 0 aromatic heterocycles. The average Bonchev–Trinajstić information content (AvgIpc) is 2.19. The molecule has 0 heterocycles. The van der Waals surface area contributed by atoms with Gasteiger partial charge in [-0.1, -0.05) is 6.92 Å². The minimum atomic E-state index is 0.792. The number of aryl methyl sites for hydroxylation is 1. The van der Waals surface area contributed by atoms with Gasteiger partial charge in [-0.05, 0) is 44.0 Å². The van der Waals surface area contributed by atoms with Crippen LogP contribution in [-0.2, 0) is 0 Å². The lowest BCUT2D eigenvalue weighted by Gasteiger charge is -2.10. The minimum Gasteiger partial charge on any atom is -0.494 e. The summed E-state index contributed by atoms with van der Waals surface area (Å²) in [6.07, 6.45) is 1.05. The van der Waals surface area contributed by atoms with Crippen LogP contribution in [0.2, 0.25) is 0 Å². The Morgan fingerprint density at radius 3 is 2.64 bits per heavy atom. The summed E-state index contributed by atoms with van der Waals surface area (Å²) < 4.78 is 5.54. The lowest BCUT2D eigenvalue weighted by atomic mass is 10.2. The molecular weight excluding hydrogens is 174 g/mol. The summed E-state index contributed by atoms with van der Waals surface area (Å²) in [6.45, 7) is 8.05. The highest BCUT2D eigenvalue weighted by atomic mass is 16.5. The molecule has 0 unspecified atom stereocenters. The maximum atomic E-state index is 5.54. The maximum Gasteiger partial charge on any atom is 0.119 e. The fourth-order valence-corrected chi connectivity index (χ4v) is 1.33. The third-order valence-electron chi connectivity index (χ3n) is 2.04. The first kappa shape index (κ1) is 10.9. The predicted octanol–water partition coefficient (Wildman–Crippen LogP) is 3.22. The van der Waals surface area contributed by atoms with E-state index in [0.29, 0.717) is 0 Å². The lowest BCUT2D eigenvalue weighted by Crippen LogP contribution is -2.00. The zero-order valence-electron chi connectivity index (χ0n) is 9.26. The lowest BCUT2D eigenvalue weighted by molar-refractivity contribution is 0.317. The van der Waals surface area contributed by atoms with Crippen LogP contribution in [0.5, 0.6) is 5.75 Å². The van der Waals surface area contributed by atoms with Crippen LogP contribution in [0, 0.1) is 6.92 Å². The van der Waals surface area contributed by atoms with Crippen LogP contribution >= 0.6 is 0 Å². The van der Waals surface area contributed by atoms with Gasteiger partial charge in [-0.2, -0.15) is 0 Å². The summed E-state index contributed by atoms with van der Waals surface area (Å²) in [7, 11) is 0. The monoisotopic (exact) mass is 193 g/mol. The van der Waals surface area contributed by atoms with Crippen molar-refractivity contribution in [1.29, 1.82) is 0 Å². The van der Waals surface area contributed by atoms with Crippen molar-refractivity contribution in [3.63, 3.8) is 0 Å². The summed E-state index contributed by atoms with van der Waals surface area (Å²) in [5.41, 5.74) is 2.43. The topological polar surface area (TPSA) is 21.3 Å². The van der Waals surface area contributed by atoms with Gasteiger partial charge in [0.15, 0.2) is 0 Å². The third-order valence-corrected chi connectivity index (χ3v) is 2.04. The first-order chi connectivity index (χ1) is 6.77. The summed E-state index contributed by atoms with van der Waals surface area (Å²) in [5.74, 6) is 0.964. The molecule has 0 atom stereocenters. The molecule has 2 heteroatoms. The van der Waals surface area contributed by atoms with Crippen molar-refractivity contribution in [2.45, 2.75) is 27.2 Å². The quantitative estimate of drug-likeness (QED) is 0.775. The highest BCUT2D eigenvalue weighted by Gasteiger charge is 1.98. The second-order valence-corrected chi connectivity index (χ2v) is 3.36. The number of ether oxygens (including phenoxy) is 1. The molecule has 0 amide bonds. The van der Waals surface area contributed by atoms with Crippen LogP contribution in [-0.4, -0.2) is 13.2 Å². The molecule has 0 fully saturated rings. The van der Waals surface area contributed by atoms with Crippen molar-refractivity contribution in [2.75, 3.05) is 18.5 Å². The zero-order chi connectivity index (χ0) is 10.4. The number of nitrogens with one attached hydrogen (secondary N) is 1. The summed E-state index contributed by atoms with van der Waals surface area (Å²) in [5, 5.41) is 3.30. The van der Waals surface area contributed by atoms with Crippen LogP contribution in [0.1, 0.15) is 25.8 Å². The number of rotatable bonds is 5. The molecule has 1 aromatic rings. The standard InChI is InChI=1S/C12H19NO/c1-4-8-14-11-6-7-12(13-5-2)10(3)9-11/h6-7,9,13H,4-5,8H2,1-3H3. The zero-order valence-corrected chi connectivity index (χ0v) is 9.26. The molecule has 0 bridgehead atoms. The van der Waals surface area contributed by atoms with E-state index in [1.807, 2.05) is 6.07 Å². The molecule has 0 saturated carbocycles. The molecule has 0 radical (unpaired) electrons. The summed E-state index contributed by atoms with van der Waals surface area (Å²) in [4.78, 5) is 0. The smallest absolute Gasteiger partial charge is 0.119 e. The molecule has 0 aliphatic rings. The Labute approximate surface area is 86.3 Å². The van der Waals surface area contributed by atoms with Crippen molar-refractivity contribution in [3.8, 4) is 5.75 Å². The Kier molecular flexibility index (Phi) is 4.30. The molecule has 1 N–H and O–H groups in total. The Balaban J connectivity index is 2.68.